The Hall–Kier alpha value is -3.07. The number of anilines is 1. The summed E-state index contributed by atoms with van der Waals surface area (Å²) in [6, 6.07) is 17.3. The molecule has 0 aromatic heterocycles. The number of nitrogens with one attached hydrogen (secondary N) is 1. The second-order valence-electron chi connectivity index (χ2n) is 9.92. The van der Waals surface area contributed by atoms with Crippen LogP contribution in [0.2, 0.25) is 10.0 Å². The van der Waals surface area contributed by atoms with E-state index in [1.807, 2.05) is 33.8 Å². The number of rotatable bonds is 13. The molecule has 0 heterocycles. The Labute approximate surface area is 253 Å². The summed E-state index contributed by atoms with van der Waals surface area (Å²) in [4.78, 5) is 28.8. The quantitative estimate of drug-likeness (QED) is 0.221. The van der Waals surface area contributed by atoms with Gasteiger partial charge in [0.25, 0.3) is 10.0 Å². The van der Waals surface area contributed by atoms with Gasteiger partial charge in [0.2, 0.25) is 11.8 Å². The minimum absolute atomic E-state index is 0.00469. The molecule has 7 nitrogen and oxygen atoms in total. The van der Waals surface area contributed by atoms with Crippen LogP contribution in [0.3, 0.4) is 0 Å². The van der Waals surface area contributed by atoms with Crippen LogP contribution >= 0.6 is 23.2 Å². The van der Waals surface area contributed by atoms with Gasteiger partial charge in [-0.2, -0.15) is 0 Å². The molecule has 3 aromatic carbocycles. The number of benzene rings is 3. The van der Waals surface area contributed by atoms with Crippen molar-refractivity contribution in [2.45, 2.75) is 64.4 Å². The molecule has 0 unspecified atom stereocenters. The van der Waals surface area contributed by atoms with Gasteiger partial charge in [0.05, 0.1) is 10.6 Å². The van der Waals surface area contributed by atoms with E-state index in [4.69, 9.17) is 23.2 Å². The van der Waals surface area contributed by atoms with Crippen molar-refractivity contribution in [2.75, 3.05) is 17.4 Å². The molecule has 0 aliphatic carbocycles. The van der Waals surface area contributed by atoms with Crippen LogP contribution in [-0.4, -0.2) is 44.3 Å². The molecule has 0 fully saturated rings. The van der Waals surface area contributed by atoms with Crippen LogP contribution in [0.4, 0.5) is 5.69 Å². The molecule has 0 spiro atoms. The Morgan fingerprint density at radius 2 is 1.61 bits per heavy atom. The van der Waals surface area contributed by atoms with E-state index in [9.17, 15) is 18.0 Å². The molecule has 41 heavy (non-hydrogen) atoms. The predicted octanol–water partition coefficient (Wildman–Crippen LogP) is 6.53. The lowest BCUT2D eigenvalue weighted by Crippen LogP contribution is -2.52. The van der Waals surface area contributed by atoms with Crippen molar-refractivity contribution in [3.8, 4) is 0 Å². The third-order valence-electron chi connectivity index (χ3n) is 6.97. The fourth-order valence-electron chi connectivity index (χ4n) is 4.38. The highest BCUT2D eigenvalue weighted by molar-refractivity contribution is 7.92. The van der Waals surface area contributed by atoms with E-state index in [0.29, 0.717) is 34.3 Å². The largest absolute Gasteiger partial charge is 0.354 e. The summed E-state index contributed by atoms with van der Waals surface area (Å²) in [5, 5.41) is 3.76. The highest BCUT2D eigenvalue weighted by atomic mass is 35.5. The first-order valence-electron chi connectivity index (χ1n) is 13.7. The van der Waals surface area contributed by atoms with Crippen molar-refractivity contribution in [1.29, 1.82) is 0 Å². The van der Waals surface area contributed by atoms with Crippen LogP contribution in [0.1, 0.15) is 49.8 Å². The fraction of sp³-hybridized carbons (Fsp3) is 0.355. The van der Waals surface area contributed by atoms with E-state index in [2.05, 4.69) is 5.32 Å². The summed E-state index contributed by atoms with van der Waals surface area (Å²) in [7, 11) is -4.18. The number of halogens is 2. The van der Waals surface area contributed by atoms with Crippen LogP contribution < -0.4 is 9.62 Å². The number of nitrogens with zero attached hydrogens (tertiary/aromatic N) is 2. The van der Waals surface area contributed by atoms with Crippen LogP contribution in [0.5, 0.6) is 0 Å². The minimum atomic E-state index is -4.18. The summed E-state index contributed by atoms with van der Waals surface area (Å²) < 4.78 is 29.0. The van der Waals surface area contributed by atoms with E-state index >= 15 is 0 Å². The number of sulfonamides is 1. The van der Waals surface area contributed by atoms with Crippen molar-refractivity contribution in [3.05, 3.63) is 93.5 Å². The number of hydrogen-bond donors (Lipinski definition) is 1. The number of unbranched alkanes of at least 4 members (excludes halogenated alkanes) is 1. The van der Waals surface area contributed by atoms with Crippen LogP contribution in [0.25, 0.3) is 0 Å². The molecule has 1 atom stereocenters. The third-order valence-corrected chi connectivity index (χ3v) is 9.38. The molecule has 2 amide bonds. The monoisotopic (exact) mass is 617 g/mol. The van der Waals surface area contributed by atoms with Crippen molar-refractivity contribution >= 4 is 50.7 Å². The summed E-state index contributed by atoms with van der Waals surface area (Å²) in [5.74, 6) is -0.821. The van der Waals surface area contributed by atoms with Gasteiger partial charge in [-0.05, 0) is 85.8 Å². The molecule has 1 N–H and O–H groups in total. The Bertz CT molecular complexity index is 1460. The van der Waals surface area contributed by atoms with E-state index in [1.54, 1.807) is 36.4 Å². The summed E-state index contributed by atoms with van der Waals surface area (Å²) in [6.07, 6.45) is 2.05. The molecule has 3 rings (SSSR count). The van der Waals surface area contributed by atoms with Crippen molar-refractivity contribution in [3.63, 3.8) is 0 Å². The van der Waals surface area contributed by atoms with E-state index in [0.717, 1.165) is 28.3 Å². The third kappa shape index (κ3) is 8.24. The Kier molecular flexibility index (Phi) is 11.6. The van der Waals surface area contributed by atoms with Gasteiger partial charge in [-0.25, -0.2) is 8.42 Å². The molecule has 0 aliphatic rings. The van der Waals surface area contributed by atoms with Crippen LogP contribution in [0.15, 0.2) is 71.6 Å². The Morgan fingerprint density at radius 3 is 2.22 bits per heavy atom. The molecule has 0 aliphatic heterocycles. The number of hydrogen-bond acceptors (Lipinski definition) is 4. The number of amides is 2. The first kappa shape index (κ1) is 32.4. The fourth-order valence-corrected chi connectivity index (χ4v) is 6.11. The van der Waals surface area contributed by atoms with Gasteiger partial charge in [-0.1, -0.05) is 67.7 Å². The molecule has 0 saturated carbocycles. The van der Waals surface area contributed by atoms with Crippen molar-refractivity contribution in [1.82, 2.24) is 10.2 Å². The van der Waals surface area contributed by atoms with Crippen molar-refractivity contribution < 1.29 is 18.0 Å². The molecule has 10 heteroatoms. The zero-order valence-corrected chi connectivity index (χ0v) is 26.2. The summed E-state index contributed by atoms with van der Waals surface area (Å²) in [6.45, 7) is 7.67. The van der Waals surface area contributed by atoms with Gasteiger partial charge in [-0.3, -0.25) is 13.9 Å². The summed E-state index contributed by atoms with van der Waals surface area (Å²) in [5.41, 5.74) is 2.86. The Morgan fingerprint density at radius 1 is 0.927 bits per heavy atom. The lowest BCUT2D eigenvalue weighted by Gasteiger charge is -2.33. The molecular weight excluding hydrogens is 581 g/mol. The maximum absolute atomic E-state index is 14.1. The first-order chi connectivity index (χ1) is 19.5. The molecule has 3 aromatic rings. The minimum Gasteiger partial charge on any atom is -0.354 e. The zero-order valence-electron chi connectivity index (χ0n) is 23.9. The molecule has 0 radical (unpaired) electrons. The van der Waals surface area contributed by atoms with E-state index in [1.165, 1.54) is 29.2 Å². The number of aryl methyl sites for hydroxylation is 2. The zero-order chi connectivity index (χ0) is 30.2. The maximum Gasteiger partial charge on any atom is 0.264 e. The topological polar surface area (TPSA) is 86.8 Å². The molecule has 220 valence electrons. The number of carbonyl (C=O) groups is 2. The summed E-state index contributed by atoms with van der Waals surface area (Å²) >= 11 is 12.5. The average Bonchev–Trinajstić information content (AvgIpc) is 2.94. The first-order valence-corrected chi connectivity index (χ1v) is 15.8. The van der Waals surface area contributed by atoms with E-state index < -0.39 is 28.5 Å². The second-order valence-corrected chi connectivity index (χ2v) is 12.6. The SMILES string of the molecule is CCCCNC(=O)[C@H](CC)N(Cc1ccccc1Cl)C(=O)CN(c1ccc(C)c(C)c1)S(=O)(=O)c1ccc(Cl)cc1. The van der Waals surface area contributed by atoms with Crippen LogP contribution in [-0.2, 0) is 26.2 Å². The highest BCUT2D eigenvalue weighted by Crippen LogP contribution is 2.28. The van der Waals surface area contributed by atoms with Gasteiger partial charge >= 0.3 is 0 Å². The van der Waals surface area contributed by atoms with Gasteiger partial charge in [0.15, 0.2) is 0 Å². The smallest absolute Gasteiger partial charge is 0.264 e. The highest BCUT2D eigenvalue weighted by Gasteiger charge is 2.34. The molecular formula is C31H37Cl2N3O4S. The van der Waals surface area contributed by atoms with Crippen molar-refractivity contribution in [2.24, 2.45) is 0 Å². The van der Waals surface area contributed by atoms with Gasteiger partial charge in [-0.15, -0.1) is 0 Å². The Balaban J connectivity index is 2.07. The van der Waals surface area contributed by atoms with Gasteiger partial charge in [0.1, 0.15) is 12.6 Å². The molecule has 0 bridgehead atoms. The van der Waals surface area contributed by atoms with Gasteiger partial charge < -0.3 is 10.2 Å². The second kappa shape index (κ2) is 14.7. The molecule has 0 saturated heterocycles. The number of carbonyl (C=O) groups excluding carboxylic acids is 2. The predicted molar refractivity (Wildman–Crippen MR) is 166 cm³/mol. The standard InChI is InChI=1S/C31H37Cl2N3O4S/c1-5-7-18-34-31(38)29(6-2)35(20-24-10-8-9-11-28(24)33)30(37)21-36(26-15-12-22(3)23(4)19-26)41(39,40)27-16-13-25(32)14-17-27/h8-17,19,29H,5-7,18,20-21H2,1-4H3,(H,34,38)/t29-/m0/s1. The van der Waals surface area contributed by atoms with E-state index in [-0.39, 0.29) is 17.3 Å². The normalized spacial score (nSPS) is 12.0. The van der Waals surface area contributed by atoms with Crippen LogP contribution in [0, 0.1) is 13.8 Å². The lowest BCUT2D eigenvalue weighted by molar-refractivity contribution is -0.140. The van der Waals surface area contributed by atoms with Gasteiger partial charge in [0, 0.05) is 23.1 Å². The maximum atomic E-state index is 14.1. The average molecular weight is 619 g/mol. The lowest BCUT2D eigenvalue weighted by atomic mass is 10.1.